The van der Waals surface area contributed by atoms with Gasteiger partial charge in [-0.25, -0.2) is 0 Å². The minimum absolute atomic E-state index is 0.658. The van der Waals surface area contributed by atoms with Crippen LogP contribution in [0.1, 0.15) is 11.1 Å². The number of aryl methyl sites for hydroxylation is 1. The van der Waals surface area contributed by atoms with Crippen LogP contribution in [0, 0.1) is 18.3 Å². The lowest BCUT2D eigenvalue weighted by Gasteiger charge is -2.11. The first-order valence-corrected chi connectivity index (χ1v) is 20.8. The number of fused-ring (bicyclic) bond motifs is 14. The topological polar surface area (TPSA) is 43.5 Å². The third-order valence-corrected chi connectivity index (χ3v) is 12.9. The largest absolute Gasteiger partial charge is 0.309 e. The summed E-state index contributed by atoms with van der Waals surface area (Å²) in [5, 5.41) is 19.9. The molecule has 4 heterocycles. The zero-order valence-electron chi connectivity index (χ0n) is 33.2. The first kappa shape index (κ1) is 33.6. The van der Waals surface area contributed by atoms with Crippen molar-refractivity contribution < 1.29 is 0 Å². The van der Waals surface area contributed by atoms with Crippen LogP contribution in [0.4, 0.5) is 0 Å². The Kier molecular flexibility index (Phi) is 6.94. The van der Waals surface area contributed by atoms with E-state index in [9.17, 15) is 5.26 Å². The molecule has 0 unspecified atom stereocenters. The van der Waals surface area contributed by atoms with Crippen LogP contribution < -0.4 is 0 Å². The van der Waals surface area contributed by atoms with E-state index in [1.165, 1.54) is 49.0 Å². The summed E-state index contributed by atoms with van der Waals surface area (Å²) in [7, 11) is 0. The summed E-state index contributed by atoms with van der Waals surface area (Å²) in [6.45, 7) is 2.27. The Hall–Kier alpha value is -8.33. The molecule has 0 saturated heterocycles. The standard InChI is InChI=1S/C56H35N5/c1-35-32-50-53(44-24-12-13-26-46(44)58(50)37-17-5-2-6-18-37)56-51(35)45-33-40(28-30-48(45)60(56)38-19-7-3-8-20-38)59-47-27-14-11-23-43(47)52-49(59)31-29-42-41-25-15-16-36(34-57)54(41)61(55(42)52)39-21-9-4-10-22-39/h2-33H,1H3. The Labute approximate surface area is 350 Å². The molecule has 61 heavy (non-hydrogen) atoms. The normalized spacial score (nSPS) is 12.0. The number of nitrogens with zero attached hydrogens (tertiary/aromatic N) is 5. The van der Waals surface area contributed by atoms with E-state index in [-0.39, 0.29) is 0 Å². The Morgan fingerprint density at radius 1 is 0.328 bits per heavy atom. The fourth-order valence-corrected chi connectivity index (χ4v) is 10.5. The van der Waals surface area contributed by atoms with Crippen LogP contribution in [0.5, 0.6) is 0 Å². The van der Waals surface area contributed by atoms with Crippen molar-refractivity contribution in [3.05, 3.63) is 205 Å². The molecule has 0 aliphatic heterocycles. The first-order valence-electron chi connectivity index (χ1n) is 20.8. The monoisotopic (exact) mass is 777 g/mol. The highest BCUT2D eigenvalue weighted by atomic mass is 15.0. The number of nitriles is 1. The zero-order valence-corrected chi connectivity index (χ0v) is 33.2. The van der Waals surface area contributed by atoms with Crippen LogP contribution in [0.25, 0.3) is 110 Å². The highest BCUT2D eigenvalue weighted by molar-refractivity contribution is 6.29. The van der Waals surface area contributed by atoms with E-state index in [0.29, 0.717) is 5.56 Å². The molecule has 9 aromatic carbocycles. The fourth-order valence-electron chi connectivity index (χ4n) is 10.5. The lowest BCUT2D eigenvalue weighted by Crippen LogP contribution is -1.97. The SMILES string of the molecule is Cc1cc2c(c3ccccc3n2-c2ccccc2)c2c1c1cc(-n3c4ccccc4c4c3ccc3c5cccc(C#N)c5n(-c5ccccc5)c34)ccc1n2-c1ccccc1. The van der Waals surface area contributed by atoms with Crippen LogP contribution in [0.2, 0.25) is 0 Å². The molecular weight excluding hydrogens is 743 g/mol. The smallest absolute Gasteiger partial charge is 0.101 e. The van der Waals surface area contributed by atoms with Crippen LogP contribution in [0.15, 0.2) is 194 Å². The third-order valence-electron chi connectivity index (χ3n) is 12.9. The van der Waals surface area contributed by atoms with E-state index in [2.05, 4.69) is 207 Å². The van der Waals surface area contributed by atoms with Crippen LogP contribution in [-0.2, 0) is 0 Å². The number of aromatic nitrogens is 4. The molecule has 4 aromatic heterocycles. The molecular formula is C56H35N5. The zero-order chi connectivity index (χ0) is 40.3. The number of para-hydroxylation sites is 6. The molecule has 0 bridgehead atoms. The predicted molar refractivity (Wildman–Crippen MR) is 253 cm³/mol. The van der Waals surface area contributed by atoms with Gasteiger partial charge in [-0.1, -0.05) is 109 Å². The maximum absolute atomic E-state index is 10.4. The lowest BCUT2D eigenvalue weighted by molar-refractivity contribution is 1.16. The quantitative estimate of drug-likeness (QED) is 0.175. The van der Waals surface area contributed by atoms with E-state index in [4.69, 9.17) is 0 Å². The van der Waals surface area contributed by atoms with Gasteiger partial charge in [0.05, 0.1) is 49.7 Å². The van der Waals surface area contributed by atoms with E-state index >= 15 is 0 Å². The second kappa shape index (κ2) is 12.6. The summed E-state index contributed by atoms with van der Waals surface area (Å²) in [6.07, 6.45) is 0. The molecule has 0 amide bonds. The number of rotatable bonds is 4. The predicted octanol–water partition coefficient (Wildman–Crippen LogP) is 14.3. The van der Waals surface area contributed by atoms with Gasteiger partial charge < -0.3 is 18.3 Å². The van der Waals surface area contributed by atoms with Crippen LogP contribution >= 0.6 is 0 Å². The minimum atomic E-state index is 0.658. The van der Waals surface area contributed by atoms with Crippen molar-refractivity contribution in [3.8, 4) is 28.8 Å². The molecule has 0 aliphatic rings. The Balaban J connectivity index is 1.17. The molecule has 0 aliphatic carbocycles. The van der Waals surface area contributed by atoms with Crippen molar-refractivity contribution in [2.75, 3.05) is 0 Å². The summed E-state index contributed by atoms with van der Waals surface area (Å²) in [4.78, 5) is 0. The second-order valence-electron chi connectivity index (χ2n) is 16.1. The van der Waals surface area contributed by atoms with Gasteiger partial charge in [0.15, 0.2) is 0 Å². The highest BCUT2D eigenvalue weighted by Gasteiger charge is 2.25. The van der Waals surface area contributed by atoms with Crippen molar-refractivity contribution in [1.82, 2.24) is 18.3 Å². The fraction of sp³-hybridized carbons (Fsp3) is 0.0179. The number of benzene rings is 9. The van der Waals surface area contributed by atoms with E-state index in [1.54, 1.807) is 0 Å². The number of hydrogen-bond acceptors (Lipinski definition) is 1. The molecule has 0 atom stereocenters. The Morgan fingerprint density at radius 2 is 0.836 bits per heavy atom. The van der Waals surface area contributed by atoms with Crippen molar-refractivity contribution >= 4 is 87.2 Å². The van der Waals surface area contributed by atoms with Gasteiger partial charge in [-0.15, -0.1) is 0 Å². The van der Waals surface area contributed by atoms with E-state index in [1.807, 2.05) is 18.2 Å². The van der Waals surface area contributed by atoms with Gasteiger partial charge in [0, 0.05) is 65.8 Å². The summed E-state index contributed by atoms with van der Waals surface area (Å²) >= 11 is 0. The van der Waals surface area contributed by atoms with Gasteiger partial charge in [0.25, 0.3) is 0 Å². The molecule has 0 radical (unpaired) electrons. The molecule has 284 valence electrons. The van der Waals surface area contributed by atoms with E-state index < -0.39 is 0 Å². The van der Waals surface area contributed by atoms with Crippen molar-refractivity contribution in [2.24, 2.45) is 0 Å². The minimum Gasteiger partial charge on any atom is -0.309 e. The maximum atomic E-state index is 10.4. The van der Waals surface area contributed by atoms with Crippen LogP contribution in [-0.4, -0.2) is 18.3 Å². The van der Waals surface area contributed by atoms with Gasteiger partial charge in [0.1, 0.15) is 6.07 Å². The Bertz CT molecular complexity index is 3990. The molecule has 0 saturated carbocycles. The number of hydrogen-bond donors (Lipinski definition) is 0. The molecule has 13 rings (SSSR count). The second-order valence-corrected chi connectivity index (χ2v) is 16.1. The van der Waals surface area contributed by atoms with Gasteiger partial charge in [-0.2, -0.15) is 5.26 Å². The molecule has 0 N–H and O–H groups in total. The van der Waals surface area contributed by atoms with E-state index in [0.717, 1.165) is 66.5 Å². The summed E-state index contributed by atoms with van der Waals surface area (Å²) in [6, 6.07) is 72.1. The molecule has 13 aromatic rings. The third kappa shape index (κ3) is 4.53. The van der Waals surface area contributed by atoms with Crippen molar-refractivity contribution in [2.45, 2.75) is 6.92 Å². The molecule has 5 nitrogen and oxygen atoms in total. The van der Waals surface area contributed by atoms with Crippen molar-refractivity contribution in [1.29, 1.82) is 5.26 Å². The maximum Gasteiger partial charge on any atom is 0.101 e. The summed E-state index contributed by atoms with van der Waals surface area (Å²) < 4.78 is 9.64. The average Bonchev–Trinajstić information content (AvgIpc) is 4.04. The first-order chi connectivity index (χ1) is 30.2. The van der Waals surface area contributed by atoms with Crippen molar-refractivity contribution in [3.63, 3.8) is 0 Å². The highest BCUT2D eigenvalue weighted by Crippen LogP contribution is 2.46. The molecule has 0 fully saturated rings. The van der Waals surface area contributed by atoms with Crippen LogP contribution in [0.3, 0.4) is 0 Å². The summed E-state index contributed by atoms with van der Waals surface area (Å²) in [5.41, 5.74) is 15.3. The van der Waals surface area contributed by atoms with Gasteiger partial charge in [0.2, 0.25) is 0 Å². The lowest BCUT2D eigenvalue weighted by atomic mass is 10.0. The average molecular weight is 778 g/mol. The van der Waals surface area contributed by atoms with Gasteiger partial charge in [-0.3, -0.25) is 0 Å². The summed E-state index contributed by atoms with van der Waals surface area (Å²) in [5.74, 6) is 0. The molecule has 0 spiro atoms. The Morgan fingerprint density at radius 3 is 1.49 bits per heavy atom. The van der Waals surface area contributed by atoms with Gasteiger partial charge >= 0.3 is 0 Å². The molecule has 5 heteroatoms. The van der Waals surface area contributed by atoms with Gasteiger partial charge in [-0.05, 0) is 97.4 Å².